The number of hydrogen-bond donors (Lipinski definition) is 1. The zero-order valence-electron chi connectivity index (χ0n) is 11.1. The molecule has 19 heavy (non-hydrogen) atoms. The fourth-order valence-corrected chi connectivity index (χ4v) is 2.51. The third-order valence-corrected chi connectivity index (χ3v) is 3.57. The number of rotatable bonds is 5. The van der Waals surface area contributed by atoms with Crippen LogP contribution in [0.1, 0.15) is 36.4 Å². The van der Waals surface area contributed by atoms with Crippen LogP contribution in [0, 0.1) is 0 Å². The summed E-state index contributed by atoms with van der Waals surface area (Å²) < 4.78 is 3.90. The number of aromatic nitrogens is 2. The van der Waals surface area contributed by atoms with Gasteiger partial charge in [-0.1, -0.05) is 48.2 Å². The van der Waals surface area contributed by atoms with Gasteiger partial charge < -0.3 is 5.32 Å². The van der Waals surface area contributed by atoms with Gasteiger partial charge in [-0.25, -0.2) is 0 Å². The Balaban J connectivity index is 2.18. The molecule has 0 saturated heterocycles. The molecule has 5 heteroatoms. The van der Waals surface area contributed by atoms with Gasteiger partial charge in [0.25, 0.3) is 5.91 Å². The van der Waals surface area contributed by atoms with Crippen molar-refractivity contribution in [2.24, 2.45) is 0 Å². The minimum atomic E-state index is -0.0881. The van der Waals surface area contributed by atoms with Crippen LogP contribution in [0.5, 0.6) is 0 Å². The molecule has 0 radical (unpaired) electrons. The van der Waals surface area contributed by atoms with Gasteiger partial charge in [-0.15, -0.1) is 5.10 Å². The molecule has 0 saturated carbocycles. The Morgan fingerprint density at radius 1 is 1.37 bits per heavy atom. The molecule has 0 aliphatic heterocycles. The van der Waals surface area contributed by atoms with E-state index in [0.29, 0.717) is 10.6 Å². The van der Waals surface area contributed by atoms with Crippen molar-refractivity contribution in [1.29, 1.82) is 0 Å². The second-order valence-electron chi connectivity index (χ2n) is 4.48. The van der Waals surface area contributed by atoms with E-state index in [1.807, 2.05) is 37.3 Å². The first-order valence-electron chi connectivity index (χ1n) is 6.41. The Labute approximate surface area is 117 Å². The molecule has 0 spiro atoms. The summed E-state index contributed by atoms with van der Waals surface area (Å²) in [5.74, 6) is -0.0881. The molecule has 1 aromatic heterocycles. The lowest BCUT2D eigenvalue weighted by molar-refractivity contribution is 0.0943. The number of carbonyl (C=O) groups excluding carboxylic acids is 1. The summed E-state index contributed by atoms with van der Waals surface area (Å²) in [6.07, 6.45) is 2.02. The smallest absolute Gasteiger partial charge is 0.265 e. The number of nitrogens with one attached hydrogen (secondary N) is 1. The van der Waals surface area contributed by atoms with Crippen molar-refractivity contribution in [1.82, 2.24) is 14.9 Å². The third-order valence-electron chi connectivity index (χ3n) is 2.84. The number of amides is 1. The minimum absolute atomic E-state index is 0.0881. The van der Waals surface area contributed by atoms with Crippen molar-refractivity contribution in [3.63, 3.8) is 0 Å². The van der Waals surface area contributed by atoms with Crippen LogP contribution in [-0.2, 0) is 0 Å². The summed E-state index contributed by atoms with van der Waals surface area (Å²) in [4.78, 5) is 12.8. The summed E-state index contributed by atoms with van der Waals surface area (Å²) in [6.45, 7) is 4.12. The van der Waals surface area contributed by atoms with Crippen molar-refractivity contribution >= 4 is 17.4 Å². The molecule has 0 fully saturated rings. The van der Waals surface area contributed by atoms with Crippen LogP contribution in [-0.4, -0.2) is 21.5 Å². The monoisotopic (exact) mass is 275 g/mol. The van der Waals surface area contributed by atoms with Crippen LogP contribution in [0.25, 0.3) is 11.3 Å². The lowest BCUT2D eigenvalue weighted by Crippen LogP contribution is -2.32. The second kappa shape index (κ2) is 6.43. The first-order chi connectivity index (χ1) is 9.22. The first-order valence-corrected chi connectivity index (χ1v) is 7.18. The molecule has 1 N–H and O–H groups in total. The average Bonchev–Trinajstić information content (AvgIpc) is 2.89. The first kappa shape index (κ1) is 13.7. The quantitative estimate of drug-likeness (QED) is 0.912. The van der Waals surface area contributed by atoms with E-state index in [2.05, 4.69) is 21.8 Å². The van der Waals surface area contributed by atoms with Gasteiger partial charge in [-0.05, 0) is 24.9 Å². The molecule has 2 aromatic rings. The van der Waals surface area contributed by atoms with Crippen molar-refractivity contribution < 1.29 is 4.79 Å². The molecule has 1 aromatic carbocycles. The molecule has 0 bridgehead atoms. The molecule has 1 amide bonds. The van der Waals surface area contributed by atoms with Gasteiger partial charge in [-0.2, -0.15) is 0 Å². The van der Waals surface area contributed by atoms with Gasteiger partial charge >= 0.3 is 0 Å². The van der Waals surface area contributed by atoms with Crippen LogP contribution in [0.4, 0.5) is 0 Å². The van der Waals surface area contributed by atoms with Crippen molar-refractivity contribution in [2.45, 2.75) is 32.7 Å². The average molecular weight is 275 g/mol. The topological polar surface area (TPSA) is 54.9 Å². The van der Waals surface area contributed by atoms with Crippen molar-refractivity contribution in [2.75, 3.05) is 0 Å². The lowest BCUT2D eigenvalue weighted by Gasteiger charge is -2.11. The summed E-state index contributed by atoms with van der Waals surface area (Å²) in [6, 6.07) is 9.83. The second-order valence-corrected chi connectivity index (χ2v) is 5.23. The Kier molecular flexibility index (Phi) is 4.63. The van der Waals surface area contributed by atoms with Gasteiger partial charge in [0.05, 0.1) is 0 Å². The van der Waals surface area contributed by atoms with E-state index in [1.54, 1.807) is 0 Å². The zero-order valence-corrected chi connectivity index (χ0v) is 11.9. The van der Waals surface area contributed by atoms with Crippen LogP contribution in [0.2, 0.25) is 0 Å². The fraction of sp³-hybridized carbons (Fsp3) is 0.357. The Morgan fingerprint density at radius 3 is 2.79 bits per heavy atom. The van der Waals surface area contributed by atoms with Gasteiger partial charge in [-0.3, -0.25) is 4.79 Å². The van der Waals surface area contributed by atoms with Gasteiger partial charge in [0, 0.05) is 11.6 Å². The SMILES string of the molecule is CCC[C@H](C)NC(=O)c1snnc1-c1ccccc1. The maximum atomic E-state index is 12.2. The Morgan fingerprint density at radius 2 is 2.11 bits per heavy atom. The van der Waals surface area contributed by atoms with E-state index in [1.165, 1.54) is 0 Å². The van der Waals surface area contributed by atoms with Gasteiger partial charge in [0.2, 0.25) is 0 Å². The lowest BCUT2D eigenvalue weighted by atomic mass is 10.1. The fourth-order valence-electron chi connectivity index (χ4n) is 1.92. The number of carbonyl (C=O) groups is 1. The molecule has 4 nitrogen and oxygen atoms in total. The van der Waals surface area contributed by atoms with E-state index in [9.17, 15) is 4.79 Å². The van der Waals surface area contributed by atoms with E-state index in [0.717, 1.165) is 29.9 Å². The Bertz CT molecular complexity index is 539. The predicted octanol–water partition coefficient (Wildman–Crippen LogP) is 3.12. The summed E-state index contributed by atoms with van der Waals surface area (Å²) in [5, 5.41) is 7.05. The third kappa shape index (κ3) is 3.38. The zero-order chi connectivity index (χ0) is 13.7. The molecule has 0 unspecified atom stereocenters. The highest BCUT2D eigenvalue weighted by Crippen LogP contribution is 2.23. The van der Waals surface area contributed by atoms with Crippen LogP contribution >= 0.6 is 11.5 Å². The van der Waals surface area contributed by atoms with Crippen molar-refractivity contribution in [3.8, 4) is 11.3 Å². The van der Waals surface area contributed by atoms with Gasteiger partial charge in [0.15, 0.2) is 0 Å². The highest BCUT2D eigenvalue weighted by Gasteiger charge is 2.18. The van der Waals surface area contributed by atoms with Crippen molar-refractivity contribution in [3.05, 3.63) is 35.2 Å². The van der Waals surface area contributed by atoms with E-state index in [-0.39, 0.29) is 11.9 Å². The molecule has 1 heterocycles. The highest BCUT2D eigenvalue weighted by atomic mass is 32.1. The molecular weight excluding hydrogens is 258 g/mol. The van der Waals surface area contributed by atoms with Gasteiger partial charge in [0.1, 0.15) is 10.6 Å². The molecule has 0 aliphatic rings. The molecule has 2 rings (SSSR count). The van der Waals surface area contributed by atoms with E-state index >= 15 is 0 Å². The van der Waals surface area contributed by atoms with Crippen LogP contribution in [0.3, 0.4) is 0 Å². The standard InChI is InChI=1S/C14H17N3OS/c1-3-7-10(2)15-14(18)13-12(16-17-19-13)11-8-5-4-6-9-11/h4-6,8-10H,3,7H2,1-2H3,(H,15,18)/t10-/m0/s1. The predicted molar refractivity (Wildman–Crippen MR) is 77.2 cm³/mol. The van der Waals surface area contributed by atoms with Crippen LogP contribution in [0.15, 0.2) is 30.3 Å². The minimum Gasteiger partial charge on any atom is -0.349 e. The largest absolute Gasteiger partial charge is 0.349 e. The summed E-state index contributed by atoms with van der Waals surface area (Å²) in [7, 11) is 0. The van der Waals surface area contributed by atoms with E-state index in [4.69, 9.17) is 0 Å². The molecule has 0 aliphatic carbocycles. The molecule has 1 atom stereocenters. The number of nitrogens with zero attached hydrogens (tertiary/aromatic N) is 2. The normalized spacial score (nSPS) is 12.1. The Hall–Kier alpha value is -1.75. The van der Waals surface area contributed by atoms with E-state index < -0.39 is 0 Å². The summed E-state index contributed by atoms with van der Waals surface area (Å²) >= 11 is 1.14. The summed E-state index contributed by atoms with van der Waals surface area (Å²) in [5.41, 5.74) is 1.58. The molecular formula is C14H17N3OS. The number of benzene rings is 1. The highest BCUT2D eigenvalue weighted by molar-refractivity contribution is 7.08. The molecule has 100 valence electrons. The van der Waals surface area contributed by atoms with Crippen LogP contribution < -0.4 is 5.32 Å². The number of hydrogen-bond acceptors (Lipinski definition) is 4. The maximum absolute atomic E-state index is 12.2. The maximum Gasteiger partial charge on any atom is 0.265 e.